The van der Waals surface area contributed by atoms with E-state index in [-0.39, 0.29) is 0 Å². The Labute approximate surface area is 182 Å². The quantitative estimate of drug-likeness (QED) is 0.400. The van der Waals surface area contributed by atoms with Crippen molar-refractivity contribution in [1.29, 1.82) is 0 Å². The summed E-state index contributed by atoms with van der Waals surface area (Å²) in [4.78, 5) is 0. The fourth-order valence-electron chi connectivity index (χ4n) is 4.91. The number of methoxy groups -OCH3 is 2. The van der Waals surface area contributed by atoms with Gasteiger partial charge in [0.2, 0.25) is 0 Å². The summed E-state index contributed by atoms with van der Waals surface area (Å²) >= 11 is 0. The fourth-order valence-corrected chi connectivity index (χ4v) is 4.91. The van der Waals surface area contributed by atoms with Gasteiger partial charge in [0.25, 0.3) is 0 Å². The van der Waals surface area contributed by atoms with Gasteiger partial charge in [0.15, 0.2) is 0 Å². The predicted molar refractivity (Wildman–Crippen MR) is 126 cm³/mol. The van der Waals surface area contributed by atoms with Crippen LogP contribution in [0.5, 0.6) is 11.5 Å². The second-order valence-electron chi connectivity index (χ2n) is 7.75. The van der Waals surface area contributed by atoms with Gasteiger partial charge >= 0.3 is 0 Å². The predicted octanol–water partition coefficient (Wildman–Crippen LogP) is 5.23. The summed E-state index contributed by atoms with van der Waals surface area (Å²) in [6.45, 7) is 0. The summed E-state index contributed by atoms with van der Waals surface area (Å²) in [5.74, 6) is 1.31. The third kappa shape index (κ3) is 2.61. The second-order valence-corrected chi connectivity index (χ2v) is 7.75. The molecule has 0 spiro atoms. The highest BCUT2D eigenvalue weighted by Crippen LogP contribution is 2.57. The molecule has 0 heterocycles. The van der Waals surface area contributed by atoms with Gasteiger partial charge in [-0.15, -0.1) is 0 Å². The maximum absolute atomic E-state index is 6.17. The molecule has 0 unspecified atom stereocenters. The zero-order chi connectivity index (χ0) is 21.6. The highest BCUT2D eigenvalue weighted by Gasteiger charge is 2.46. The van der Waals surface area contributed by atoms with Crippen LogP contribution in [0.25, 0.3) is 11.1 Å². The Hall–Kier alpha value is -3.92. The molecule has 4 N–H and O–H groups in total. The van der Waals surface area contributed by atoms with Crippen molar-refractivity contribution in [2.24, 2.45) is 0 Å². The zero-order valence-corrected chi connectivity index (χ0v) is 17.6. The van der Waals surface area contributed by atoms with Crippen LogP contribution in [-0.2, 0) is 5.41 Å². The SMILES string of the molecule is COc1cc(C2(c3ccc(N)c(OC)c3)c3ccccc3-c3ccccc32)ccc1N. The third-order valence-corrected chi connectivity index (χ3v) is 6.29. The first-order valence-electron chi connectivity index (χ1n) is 10.2. The molecule has 0 aliphatic heterocycles. The van der Waals surface area contributed by atoms with Gasteiger partial charge in [-0.1, -0.05) is 60.7 Å². The largest absolute Gasteiger partial charge is 0.495 e. The summed E-state index contributed by atoms with van der Waals surface area (Å²) in [5.41, 5.74) is 20.0. The number of benzene rings is 4. The molecule has 4 nitrogen and oxygen atoms in total. The number of hydrogen-bond donors (Lipinski definition) is 2. The summed E-state index contributed by atoms with van der Waals surface area (Å²) in [5, 5.41) is 0. The summed E-state index contributed by atoms with van der Waals surface area (Å²) in [6.07, 6.45) is 0. The molecule has 0 atom stereocenters. The van der Waals surface area contributed by atoms with Crippen LogP contribution in [0.4, 0.5) is 11.4 Å². The number of nitrogen functional groups attached to an aromatic ring is 2. The van der Waals surface area contributed by atoms with E-state index < -0.39 is 5.41 Å². The average molecular weight is 409 g/mol. The Bertz CT molecular complexity index is 1200. The maximum Gasteiger partial charge on any atom is 0.142 e. The molecule has 1 aliphatic carbocycles. The first-order chi connectivity index (χ1) is 15.1. The van der Waals surface area contributed by atoms with E-state index in [2.05, 4.69) is 60.7 Å². The van der Waals surface area contributed by atoms with Gasteiger partial charge in [-0.05, 0) is 57.6 Å². The van der Waals surface area contributed by atoms with Crippen molar-refractivity contribution < 1.29 is 9.47 Å². The smallest absolute Gasteiger partial charge is 0.142 e. The van der Waals surface area contributed by atoms with Crippen molar-refractivity contribution >= 4 is 11.4 Å². The van der Waals surface area contributed by atoms with Gasteiger partial charge in [0.05, 0.1) is 31.0 Å². The van der Waals surface area contributed by atoms with Crippen molar-refractivity contribution in [3.8, 4) is 22.6 Å². The van der Waals surface area contributed by atoms with Gasteiger partial charge in [-0.25, -0.2) is 0 Å². The number of ether oxygens (including phenoxy) is 2. The molecule has 0 saturated carbocycles. The van der Waals surface area contributed by atoms with E-state index >= 15 is 0 Å². The van der Waals surface area contributed by atoms with Gasteiger partial charge < -0.3 is 20.9 Å². The van der Waals surface area contributed by atoms with Crippen LogP contribution in [0.1, 0.15) is 22.3 Å². The van der Waals surface area contributed by atoms with Crippen molar-refractivity contribution in [3.05, 3.63) is 107 Å². The Kier molecular flexibility index (Phi) is 4.36. The molecule has 154 valence electrons. The van der Waals surface area contributed by atoms with E-state index in [9.17, 15) is 0 Å². The topological polar surface area (TPSA) is 70.5 Å². The normalized spacial score (nSPS) is 13.4. The molecule has 0 radical (unpaired) electrons. The lowest BCUT2D eigenvalue weighted by Gasteiger charge is -2.34. The van der Waals surface area contributed by atoms with Crippen molar-refractivity contribution in [2.45, 2.75) is 5.41 Å². The van der Waals surface area contributed by atoms with Crippen LogP contribution in [0.3, 0.4) is 0 Å². The van der Waals surface area contributed by atoms with Crippen LogP contribution in [0.2, 0.25) is 0 Å². The molecule has 0 fully saturated rings. The maximum atomic E-state index is 6.17. The second kappa shape index (κ2) is 7.10. The number of fused-ring (bicyclic) bond motifs is 3. The summed E-state index contributed by atoms with van der Waals surface area (Å²) in [6, 6.07) is 29.2. The Balaban J connectivity index is 1.95. The van der Waals surface area contributed by atoms with Gasteiger partial charge in [0.1, 0.15) is 11.5 Å². The average Bonchev–Trinajstić information content (AvgIpc) is 3.11. The number of anilines is 2. The summed E-state index contributed by atoms with van der Waals surface area (Å²) < 4.78 is 11.2. The van der Waals surface area contributed by atoms with Gasteiger partial charge in [0, 0.05) is 0 Å². The van der Waals surface area contributed by atoms with Crippen LogP contribution in [0.15, 0.2) is 84.9 Å². The minimum absolute atomic E-state index is 0.560. The van der Waals surface area contributed by atoms with Crippen molar-refractivity contribution in [1.82, 2.24) is 0 Å². The Morgan fingerprint density at radius 3 is 1.42 bits per heavy atom. The first-order valence-corrected chi connectivity index (χ1v) is 10.2. The Morgan fingerprint density at radius 2 is 1.00 bits per heavy atom. The molecule has 0 saturated heterocycles. The fraction of sp³-hybridized carbons (Fsp3) is 0.111. The van der Waals surface area contributed by atoms with Crippen LogP contribution >= 0.6 is 0 Å². The van der Waals surface area contributed by atoms with Gasteiger partial charge in [-0.3, -0.25) is 0 Å². The molecule has 4 aromatic rings. The molecule has 0 aromatic heterocycles. The van der Waals surface area contributed by atoms with Crippen molar-refractivity contribution in [2.75, 3.05) is 25.7 Å². The van der Waals surface area contributed by atoms with E-state index in [1.54, 1.807) is 14.2 Å². The number of nitrogens with two attached hydrogens (primary N) is 2. The molecular formula is C27H24N2O2. The Morgan fingerprint density at radius 1 is 0.581 bits per heavy atom. The van der Waals surface area contributed by atoms with Gasteiger partial charge in [-0.2, -0.15) is 0 Å². The minimum Gasteiger partial charge on any atom is -0.495 e. The number of hydrogen-bond acceptors (Lipinski definition) is 4. The highest BCUT2D eigenvalue weighted by atomic mass is 16.5. The van der Waals surface area contributed by atoms with E-state index in [4.69, 9.17) is 20.9 Å². The molecule has 4 aromatic carbocycles. The lowest BCUT2D eigenvalue weighted by atomic mass is 9.67. The van der Waals surface area contributed by atoms with E-state index in [0.717, 1.165) is 11.1 Å². The molecule has 1 aliphatic rings. The molecular weight excluding hydrogens is 384 g/mol. The zero-order valence-electron chi connectivity index (χ0n) is 17.6. The van der Waals surface area contributed by atoms with E-state index in [1.165, 1.54) is 22.3 Å². The minimum atomic E-state index is -0.560. The first kappa shape index (κ1) is 19.1. The molecule has 0 amide bonds. The molecule has 0 bridgehead atoms. The summed E-state index contributed by atoms with van der Waals surface area (Å²) in [7, 11) is 3.29. The third-order valence-electron chi connectivity index (χ3n) is 6.29. The highest BCUT2D eigenvalue weighted by molar-refractivity contribution is 5.86. The van der Waals surface area contributed by atoms with E-state index in [0.29, 0.717) is 22.9 Å². The lowest BCUT2D eigenvalue weighted by Crippen LogP contribution is -2.28. The lowest BCUT2D eigenvalue weighted by molar-refractivity contribution is 0.415. The number of rotatable bonds is 4. The monoisotopic (exact) mass is 408 g/mol. The molecule has 5 rings (SSSR count). The molecule has 31 heavy (non-hydrogen) atoms. The van der Waals surface area contributed by atoms with Crippen LogP contribution in [-0.4, -0.2) is 14.2 Å². The van der Waals surface area contributed by atoms with Crippen molar-refractivity contribution in [3.63, 3.8) is 0 Å². The van der Waals surface area contributed by atoms with E-state index in [1.807, 2.05) is 24.3 Å². The van der Waals surface area contributed by atoms with Crippen LogP contribution < -0.4 is 20.9 Å². The van der Waals surface area contributed by atoms with Crippen LogP contribution in [0, 0.1) is 0 Å². The standard InChI is InChI=1S/C27H24N2O2/c1-30-25-15-17(11-13-23(25)28)27(18-12-14-24(29)26(16-18)31-2)21-9-5-3-7-19(21)20-8-4-6-10-22(20)27/h3-16H,28-29H2,1-2H3. The molecule has 4 heteroatoms.